The first kappa shape index (κ1) is 18.4. The van der Waals surface area contributed by atoms with Crippen LogP contribution < -0.4 is 10.1 Å². The highest BCUT2D eigenvalue weighted by Crippen LogP contribution is 2.29. The SMILES string of the molecule is Cc1cnc(OCC2CCOCC2)c2ccc(NC(=O)c3ccccn3)cc12. The van der Waals surface area contributed by atoms with E-state index >= 15 is 0 Å². The van der Waals surface area contributed by atoms with E-state index in [0.717, 1.165) is 42.4 Å². The molecule has 1 aliphatic heterocycles. The van der Waals surface area contributed by atoms with Gasteiger partial charge in [0.1, 0.15) is 5.69 Å². The zero-order valence-corrected chi connectivity index (χ0v) is 15.9. The molecule has 1 N–H and O–H groups in total. The molecule has 28 heavy (non-hydrogen) atoms. The average molecular weight is 377 g/mol. The molecule has 2 aromatic heterocycles. The molecule has 0 unspecified atom stereocenters. The number of hydrogen-bond acceptors (Lipinski definition) is 5. The van der Waals surface area contributed by atoms with E-state index in [-0.39, 0.29) is 5.91 Å². The van der Waals surface area contributed by atoms with E-state index in [4.69, 9.17) is 9.47 Å². The number of hydrogen-bond donors (Lipinski definition) is 1. The highest BCUT2D eigenvalue weighted by atomic mass is 16.5. The van der Waals surface area contributed by atoms with Crippen molar-refractivity contribution >= 4 is 22.4 Å². The number of rotatable bonds is 5. The molecular formula is C22H23N3O3. The summed E-state index contributed by atoms with van der Waals surface area (Å²) in [6.07, 6.45) is 5.46. The second-order valence-corrected chi connectivity index (χ2v) is 7.04. The summed E-state index contributed by atoms with van der Waals surface area (Å²) in [6.45, 7) is 4.25. The average Bonchev–Trinajstić information content (AvgIpc) is 2.75. The van der Waals surface area contributed by atoms with Crippen molar-refractivity contribution in [2.24, 2.45) is 5.92 Å². The van der Waals surface area contributed by atoms with Gasteiger partial charge in [0.2, 0.25) is 5.88 Å². The second-order valence-electron chi connectivity index (χ2n) is 7.04. The predicted octanol–water partition coefficient (Wildman–Crippen LogP) is 4.00. The lowest BCUT2D eigenvalue weighted by Gasteiger charge is -2.22. The van der Waals surface area contributed by atoms with E-state index in [1.54, 1.807) is 24.4 Å². The minimum absolute atomic E-state index is 0.234. The van der Waals surface area contributed by atoms with Crippen LogP contribution >= 0.6 is 0 Å². The molecule has 6 heteroatoms. The summed E-state index contributed by atoms with van der Waals surface area (Å²) in [7, 11) is 0. The summed E-state index contributed by atoms with van der Waals surface area (Å²) in [5.41, 5.74) is 2.13. The fourth-order valence-corrected chi connectivity index (χ4v) is 3.35. The van der Waals surface area contributed by atoms with Gasteiger partial charge in [0.05, 0.1) is 6.61 Å². The largest absolute Gasteiger partial charge is 0.477 e. The minimum Gasteiger partial charge on any atom is -0.477 e. The molecule has 1 saturated heterocycles. The number of carbonyl (C=O) groups excluding carboxylic acids is 1. The van der Waals surface area contributed by atoms with Crippen LogP contribution in [-0.2, 0) is 4.74 Å². The molecule has 1 fully saturated rings. The Kier molecular flexibility index (Phi) is 5.48. The summed E-state index contributed by atoms with van der Waals surface area (Å²) in [5, 5.41) is 4.86. The third-order valence-corrected chi connectivity index (χ3v) is 5.00. The third kappa shape index (κ3) is 4.12. The predicted molar refractivity (Wildman–Crippen MR) is 108 cm³/mol. The Morgan fingerprint density at radius 2 is 2.04 bits per heavy atom. The standard InChI is InChI=1S/C22H23N3O3/c1-15-13-24-22(28-14-16-7-10-27-11-8-16)18-6-5-17(12-19(15)18)25-21(26)20-4-2-3-9-23-20/h2-6,9,12-13,16H,7-8,10-11,14H2,1H3,(H,25,26). The first-order valence-electron chi connectivity index (χ1n) is 9.53. The molecule has 0 spiro atoms. The van der Waals surface area contributed by atoms with Gasteiger partial charge in [-0.2, -0.15) is 0 Å². The van der Waals surface area contributed by atoms with Crippen LogP contribution in [0.1, 0.15) is 28.9 Å². The zero-order valence-electron chi connectivity index (χ0n) is 15.9. The lowest BCUT2D eigenvalue weighted by Crippen LogP contribution is -2.21. The lowest BCUT2D eigenvalue weighted by molar-refractivity contribution is 0.0493. The van der Waals surface area contributed by atoms with Gasteiger partial charge < -0.3 is 14.8 Å². The van der Waals surface area contributed by atoms with Crippen LogP contribution in [0.25, 0.3) is 10.8 Å². The van der Waals surface area contributed by atoms with Crippen molar-refractivity contribution in [3.05, 3.63) is 60.0 Å². The van der Waals surface area contributed by atoms with Crippen molar-refractivity contribution in [1.29, 1.82) is 0 Å². The van der Waals surface area contributed by atoms with Gasteiger partial charge in [-0.15, -0.1) is 0 Å². The Morgan fingerprint density at radius 3 is 2.82 bits per heavy atom. The van der Waals surface area contributed by atoms with Crippen LogP contribution in [-0.4, -0.2) is 35.7 Å². The van der Waals surface area contributed by atoms with Crippen LogP contribution in [0.3, 0.4) is 0 Å². The van der Waals surface area contributed by atoms with E-state index in [0.29, 0.717) is 29.8 Å². The Labute approximate surface area is 163 Å². The smallest absolute Gasteiger partial charge is 0.274 e. The van der Waals surface area contributed by atoms with Gasteiger partial charge in [0.15, 0.2) is 0 Å². The number of nitrogens with zero attached hydrogens (tertiary/aromatic N) is 2. The molecule has 0 atom stereocenters. The van der Waals surface area contributed by atoms with Crippen LogP contribution in [0.5, 0.6) is 5.88 Å². The highest BCUT2D eigenvalue weighted by Gasteiger charge is 2.16. The Hall–Kier alpha value is -2.99. The first-order chi connectivity index (χ1) is 13.7. The number of nitrogens with one attached hydrogen (secondary N) is 1. The number of aryl methyl sites for hydroxylation is 1. The molecule has 0 aliphatic carbocycles. The Morgan fingerprint density at radius 1 is 1.18 bits per heavy atom. The van der Waals surface area contributed by atoms with Crippen molar-refractivity contribution in [1.82, 2.24) is 9.97 Å². The molecule has 0 bridgehead atoms. The van der Waals surface area contributed by atoms with Gasteiger partial charge >= 0.3 is 0 Å². The molecular weight excluding hydrogens is 354 g/mol. The normalized spacial score (nSPS) is 14.8. The van der Waals surface area contributed by atoms with Crippen molar-refractivity contribution in [3.63, 3.8) is 0 Å². The molecule has 0 radical (unpaired) electrons. The highest BCUT2D eigenvalue weighted by molar-refractivity contribution is 6.04. The molecule has 0 saturated carbocycles. The maximum atomic E-state index is 12.4. The van der Waals surface area contributed by atoms with Crippen molar-refractivity contribution in [3.8, 4) is 5.88 Å². The molecule has 1 amide bonds. The van der Waals surface area contributed by atoms with Crippen molar-refractivity contribution in [2.75, 3.05) is 25.1 Å². The quantitative estimate of drug-likeness (QED) is 0.728. The van der Waals surface area contributed by atoms with Gasteiger partial charge in [-0.05, 0) is 67.0 Å². The van der Waals surface area contributed by atoms with Crippen LogP contribution in [0, 0.1) is 12.8 Å². The minimum atomic E-state index is -0.234. The van der Waals surface area contributed by atoms with Crippen LogP contribution in [0.4, 0.5) is 5.69 Å². The van der Waals surface area contributed by atoms with Crippen LogP contribution in [0.15, 0.2) is 48.8 Å². The maximum Gasteiger partial charge on any atom is 0.274 e. The monoisotopic (exact) mass is 377 g/mol. The molecule has 4 rings (SSSR count). The van der Waals surface area contributed by atoms with Gasteiger partial charge in [0, 0.05) is 36.7 Å². The van der Waals surface area contributed by atoms with Gasteiger partial charge in [-0.25, -0.2) is 4.98 Å². The van der Waals surface area contributed by atoms with Gasteiger partial charge in [-0.3, -0.25) is 9.78 Å². The molecule has 1 aliphatic rings. The van der Waals surface area contributed by atoms with E-state index in [1.807, 2.05) is 31.3 Å². The molecule has 144 valence electrons. The number of amides is 1. The lowest BCUT2D eigenvalue weighted by atomic mass is 10.0. The molecule has 6 nitrogen and oxygen atoms in total. The van der Waals surface area contributed by atoms with Crippen molar-refractivity contribution < 1.29 is 14.3 Å². The van der Waals surface area contributed by atoms with Crippen LogP contribution in [0.2, 0.25) is 0 Å². The Balaban J connectivity index is 1.53. The fraction of sp³-hybridized carbons (Fsp3) is 0.318. The molecule has 1 aromatic carbocycles. The van der Waals surface area contributed by atoms with E-state index in [1.165, 1.54) is 0 Å². The summed E-state index contributed by atoms with van der Waals surface area (Å²) in [4.78, 5) is 20.9. The number of fused-ring (bicyclic) bond motifs is 1. The third-order valence-electron chi connectivity index (χ3n) is 5.00. The van der Waals surface area contributed by atoms with Gasteiger partial charge in [0.25, 0.3) is 5.91 Å². The van der Waals surface area contributed by atoms with E-state index in [2.05, 4.69) is 15.3 Å². The molecule has 3 heterocycles. The number of anilines is 1. The summed E-state index contributed by atoms with van der Waals surface area (Å²) >= 11 is 0. The second kappa shape index (κ2) is 8.35. The van der Waals surface area contributed by atoms with Gasteiger partial charge in [-0.1, -0.05) is 6.07 Å². The van der Waals surface area contributed by atoms with E-state index < -0.39 is 0 Å². The Bertz CT molecular complexity index is 969. The zero-order chi connectivity index (χ0) is 19.3. The topological polar surface area (TPSA) is 73.3 Å². The fourth-order valence-electron chi connectivity index (χ4n) is 3.35. The first-order valence-corrected chi connectivity index (χ1v) is 9.53. The number of carbonyl (C=O) groups is 1. The molecule has 3 aromatic rings. The van der Waals surface area contributed by atoms with E-state index in [9.17, 15) is 4.79 Å². The van der Waals surface area contributed by atoms with Crippen molar-refractivity contribution in [2.45, 2.75) is 19.8 Å². The number of ether oxygens (including phenoxy) is 2. The summed E-state index contributed by atoms with van der Waals surface area (Å²) in [5.74, 6) is 0.904. The maximum absolute atomic E-state index is 12.4. The summed E-state index contributed by atoms with van der Waals surface area (Å²) in [6, 6.07) is 11.0. The number of pyridine rings is 2. The number of aromatic nitrogens is 2. The summed E-state index contributed by atoms with van der Waals surface area (Å²) < 4.78 is 11.4. The number of benzene rings is 1.